The molecule has 0 saturated carbocycles. The van der Waals surface area contributed by atoms with Crippen molar-refractivity contribution in [2.24, 2.45) is 0 Å². The largest absolute Gasteiger partial charge is 0.494 e. The normalized spacial score (nSPS) is 11.5. The standard InChI is InChI=1S/C32H46N4O13S/c1-32(2,3)49-30(40)5-4-12-48-25-6-8-26(9-7-25)50(42,43)23-27-35-19-24(20-36-27)31(41)34-11-14-45-15-17-46-21-28(37)33-10-13-44-16-18-47-22-29(38)39/h6-9,19-20H,4-5,10-18,21-23H2,1-3H3,(H,33,37)(H,34,41)(H,38,39). The molecule has 0 atom stereocenters. The molecule has 0 aliphatic heterocycles. The average Bonchev–Trinajstić information content (AvgIpc) is 3.05. The molecule has 2 amide bonds. The Hall–Kier alpha value is -4.23. The van der Waals surface area contributed by atoms with Crippen LogP contribution < -0.4 is 15.4 Å². The highest BCUT2D eigenvalue weighted by atomic mass is 32.2. The fourth-order valence-corrected chi connectivity index (χ4v) is 4.97. The van der Waals surface area contributed by atoms with Gasteiger partial charge in [0, 0.05) is 31.9 Å². The number of amides is 2. The van der Waals surface area contributed by atoms with Crippen LogP contribution in [0.4, 0.5) is 0 Å². The Morgan fingerprint density at radius 3 is 1.96 bits per heavy atom. The Balaban J connectivity index is 1.57. The fraction of sp³-hybridized carbons (Fsp3) is 0.562. The SMILES string of the molecule is CC(C)(C)OC(=O)CCCOc1ccc(S(=O)(=O)Cc2ncc(C(=O)NCCOCCOCC(=O)NCCOCCOCC(=O)O)cn2)cc1. The lowest BCUT2D eigenvalue weighted by molar-refractivity contribution is -0.155. The van der Waals surface area contributed by atoms with Gasteiger partial charge in [0.05, 0.1) is 56.7 Å². The number of carboxylic acid groups (broad SMARTS) is 1. The van der Waals surface area contributed by atoms with Crippen LogP contribution in [-0.4, -0.2) is 125 Å². The van der Waals surface area contributed by atoms with Crippen LogP contribution in [0.2, 0.25) is 0 Å². The number of esters is 1. The maximum absolute atomic E-state index is 12.9. The lowest BCUT2D eigenvalue weighted by atomic mass is 10.2. The molecule has 2 aromatic rings. The fourth-order valence-electron chi connectivity index (χ4n) is 3.76. The minimum atomic E-state index is -3.77. The highest BCUT2D eigenvalue weighted by Crippen LogP contribution is 2.19. The van der Waals surface area contributed by atoms with E-state index in [4.69, 9.17) is 33.5 Å². The summed E-state index contributed by atoms with van der Waals surface area (Å²) in [6.07, 6.45) is 3.14. The zero-order chi connectivity index (χ0) is 36.8. The van der Waals surface area contributed by atoms with Crippen LogP contribution in [0.15, 0.2) is 41.6 Å². The van der Waals surface area contributed by atoms with Gasteiger partial charge in [-0.1, -0.05) is 0 Å². The Morgan fingerprint density at radius 1 is 0.780 bits per heavy atom. The van der Waals surface area contributed by atoms with Crippen LogP contribution in [0.3, 0.4) is 0 Å². The first-order valence-corrected chi connectivity index (χ1v) is 17.5. The summed E-state index contributed by atoms with van der Waals surface area (Å²) in [5.41, 5.74) is -0.405. The van der Waals surface area contributed by atoms with E-state index in [1.54, 1.807) is 20.8 Å². The molecule has 2 rings (SSSR count). The summed E-state index contributed by atoms with van der Waals surface area (Å²) in [5, 5.41) is 13.7. The first-order valence-electron chi connectivity index (χ1n) is 15.8. The van der Waals surface area contributed by atoms with E-state index in [0.29, 0.717) is 12.2 Å². The number of carbonyl (C=O) groups excluding carboxylic acids is 3. The van der Waals surface area contributed by atoms with Crippen LogP contribution in [-0.2, 0) is 53.7 Å². The van der Waals surface area contributed by atoms with E-state index in [-0.39, 0.29) is 101 Å². The van der Waals surface area contributed by atoms with E-state index in [1.165, 1.54) is 36.7 Å². The summed E-state index contributed by atoms with van der Waals surface area (Å²) in [7, 11) is -3.77. The molecule has 0 aliphatic carbocycles. The lowest BCUT2D eigenvalue weighted by Gasteiger charge is -2.19. The number of nitrogens with zero attached hydrogens (tertiary/aromatic N) is 2. The van der Waals surface area contributed by atoms with Gasteiger partial charge in [0.15, 0.2) is 9.84 Å². The number of aliphatic carboxylic acids is 1. The van der Waals surface area contributed by atoms with Gasteiger partial charge in [0.25, 0.3) is 5.91 Å². The Kier molecular flexibility index (Phi) is 18.9. The van der Waals surface area contributed by atoms with Crippen molar-refractivity contribution in [1.29, 1.82) is 0 Å². The van der Waals surface area contributed by atoms with Gasteiger partial charge < -0.3 is 44.2 Å². The van der Waals surface area contributed by atoms with Crippen LogP contribution in [0.25, 0.3) is 0 Å². The van der Waals surface area contributed by atoms with E-state index < -0.39 is 39.7 Å². The van der Waals surface area contributed by atoms with Gasteiger partial charge in [0.1, 0.15) is 36.1 Å². The maximum Gasteiger partial charge on any atom is 0.329 e. The molecule has 0 unspecified atom stereocenters. The Morgan fingerprint density at radius 2 is 1.36 bits per heavy atom. The average molecular weight is 727 g/mol. The highest BCUT2D eigenvalue weighted by molar-refractivity contribution is 7.90. The number of nitrogens with one attached hydrogen (secondary N) is 2. The number of aromatic nitrogens is 2. The number of carbonyl (C=O) groups is 4. The molecule has 50 heavy (non-hydrogen) atoms. The highest BCUT2D eigenvalue weighted by Gasteiger charge is 2.19. The summed E-state index contributed by atoms with van der Waals surface area (Å²) in [4.78, 5) is 54.3. The molecular formula is C32H46N4O13S. The van der Waals surface area contributed by atoms with Crippen molar-refractivity contribution in [3.63, 3.8) is 0 Å². The number of carboxylic acids is 1. The number of sulfone groups is 1. The summed E-state index contributed by atoms with van der Waals surface area (Å²) < 4.78 is 57.2. The van der Waals surface area contributed by atoms with Crippen molar-refractivity contribution in [2.45, 2.75) is 49.9 Å². The third-order valence-corrected chi connectivity index (χ3v) is 7.62. The molecule has 0 aliphatic rings. The number of rotatable bonds is 25. The lowest BCUT2D eigenvalue weighted by Crippen LogP contribution is -2.31. The Labute approximate surface area is 291 Å². The van der Waals surface area contributed by atoms with Gasteiger partial charge in [-0.3, -0.25) is 14.4 Å². The zero-order valence-electron chi connectivity index (χ0n) is 28.5. The van der Waals surface area contributed by atoms with Crippen molar-refractivity contribution in [2.75, 3.05) is 72.6 Å². The van der Waals surface area contributed by atoms with E-state index in [2.05, 4.69) is 20.6 Å². The zero-order valence-corrected chi connectivity index (χ0v) is 29.3. The van der Waals surface area contributed by atoms with Crippen molar-refractivity contribution < 1.29 is 61.1 Å². The predicted molar refractivity (Wildman–Crippen MR) is 176 cm³/mol. The molecule has 1 aromatic carbocycles. The quantitative estimate of drug-likeness (QED) is 0.0956. The van der Waals surface area contributed by atoms with E-state index in [0.717, 1.165) is 0 Å². The number of ether oxygens (including phenoxy) is 6. The monoisotopic (exact) mass is 726 g/mol. The molecule has 17 nitrogen and oxygen atoms in total. The summed E-state index contributed by atoms with van der Waals surface area (Å²) in [6, 6.07) is 5.89. The smallest absolute Gasteiger partial charge is 0.329 e. The second kappa shape index (κ2) is 22.5. The summed E-state index contributed by atoms with van der Waals surface area (Å²) in [6.45, 7) is 6.66. The molecule has 278 valence electrons. The third kappa shape index (κ3) is 19.1. The maximum atomic E-state index is 12.9. The topological polar surface area (TPSA) is 228 Å². The summed E-state index contributed by atoms with van der Waals surface area (Å²) >= 11 is 0. The molecule has 0 radical (unpaired) electrons. The third-order valence-electron chi connectivity index (χ3n) is 5.99. The first kappa shape index (κ1) is 41.9. The van der Waals surface area contributed by atoms with E-state index in [1.807, 2.05) is 0 Å². The summed E-state index contributed by atoms with van der Waals surface area (Å²) in [5.74, 6) is -2.16. The predicted octanol–water partition coefficient (Wildman–Crippen LogP) is 0.948. The molecule has 0 saturated heterocycles. The van der Waals surface area contributed by atoms with Gasteiger partial charge in [0.2, 0.25) is 5.91 Å². The second-order valence-corrected chi connectivity index (χ2v) is 13.5. The van der Waals surface area contributed by atoms with Crippen LogP contribution in [0, 0.1) is 0 Å². The van der Waals surface area contributed by atoms with Gasteiger partial charge in [-0.15, -0.1) is 0 Å². The molecule has 1 aromatic heterocycles. The molecule has 18 heteroatoms. The van der Waals surface area contributed by atoms with Crippen molar-refractivity contribution in [3.05, 3.63) is 48.0 Å². The molecule has 0 bridgehead atoms. The van der Waals surface area contributed by atoms with Crippen molar-refractivity contribution in [1.82, 2.24) is 20.6 Å². The molecule has 1 heterocycles. The van der Waals surface area contributed by atoms with Gasteiger partial charge in [-0.05, 0) is 51.5 Å². The molecule has 3 N–H and O–H groups in total. The van der Waals surface area contributed by atoms with Crippen molar-refractivity contribution in [3.8, 4) is 5.75 Å². The number of benzene rings is 1. The number of hydrogen-bond acceptors (Lipinski definition) is 14. The second-order valence-electron chi connectivity index (χ2n) is 11.5. The van der Waals surface area contributed by atoms with E-state index in [9.17, 15) is 27.6 Å². The van der Waals surface area contributed by atoms with Crippen LogP contribution >= 0.6 is 0 Å². The van der Waals surface area contributed by atoms with Gasteiger partial charge in [-0.2, -0.15) is 0 Å². The Bertz CT molecular complexity index is 1450. The van der Waals surface area contributed by atoms with Crippen LogP contribution in [0.5, 0.6) is 5.75 Å². The molecular weight excluding hydrogens is 680 g/mol. The minimum Gasteiger partial charge on any atom is -0.494 e. The van der Waals surface area contributed by atoms with Crippen LogP contribution in [0.1, 0.15) is 49.8 Å². The van der Waals surface area contributed by atoms with Gasteiger partial charge in [-0.25, -0.2) is 23.2 Å². The van der Waals surface area contributed by atoms with Gasteiger partial charge >= 0.3 is 11.9 Å². The molecule has 0 spiro atoms. The number of hydrogen-bond donors (Lipinski definition) is 3. The minimum absolute atomic E-state index is 0.0226. The molecule has 0 fully saturated rings. The first-order chi connectivity index (χ1) is 23.7. The van der Waals surface area contributed by atoms with E-state index >= 15 is 0 Å². The van der Waals surface area contributed by atoms with Crippen molar-refractivity contribution >= 4 is 33.6 Å².